The average molecular weight is 415 g/mol. The number of hydrogen-bond donors (Lipinski definition) is 1. The summed E-state index contributed by atoms with van der Waals surface area (Å²) in [5, 5.41) is 0. The van der Waals surface area contributed by atoms with Crippen molar-refractivity contribution in [2.75, 3.05) is 19.8 Å². The van der Waals surface area contributed by atoms with Crippen LogP contribution in [-0.4, -0.2) is 42.3 Å². The predicted molar refractivity (Wildman–Crippen MR) is 113 cm³/mol. The summed E-state index contributed by atoms with van der Waals surface area (Å²) in [6.45, 7) is 9.34. The molecule has 0 radical (unpaired) electrons. The fourth-order valence-electron chi connectivity index (χ4n) is 3.19. The number of ketones is 2. The minimum atomic E-state index is -0.642. The van der Waals surface area contributed by atoms with Crippen molar-refractivity contribution in [1.29, 1.82) is 0 Å². The summed E-state index contributed by atoms with van der Waals surface area (Å²) in [5.74, 6) is -0.149. The van der Waals surface area contributed by atoms with Gasteiger partial charge in [-0.15, -0.1) is 0 Å². The molecular weight excluding hydrogens is 386 g/mol. The lowest BCUT2D eigenvalue weighted by atomic mass is 10.1. The molecule has 0 spiro atoms. The van der Waals surface area contributed by atoms with Crippen molar-refractivity contribution in [2.45, 2.75) is 47.5 Å². The number of hydrogen-bond acceptors (Lipinski definition) is 6. The number of carbonyl (C=O) groups excluding carboxylic acids is 3. The number of H-pyrrole nitrogens is 1. The molecule has 0 amide bonds. The van der Waals surface area contributed by atoms with Gasteiger partial charge in [0.1, 0.15) is 0 Å². The van der Waals surface area contributed by atoms with Gasteiger partial charge in [0, 0.05) is 11.3 Å². The van der Waals surface area contributed by atoms with Crippen LogP contribution in [0.2, 0.25) is 0 Å². The van der Waals surface area contributed by atoms with Crippen LogP contribution in [0.1, 0.15) is 76.1 Å². The molecule has 2 rings (SSSR count). The Kier molecular flexibility index (Phi) is 8.21. The minimum absolute atomic E-state index is 0.123. The lowest BCUT2D eigenvalue weighted by Gasteiger charge is -2.13. The Bertz CT molecular complexity index is 928. The standard InChI is InChI=1S/C23H29NO6/c1-6-8-11-29-19-10-9-17(12-20(19)28-7-2)23(27)30-13-18(26)22-14(3)21(16(5)25)15(4)24-22/h9-10,12,24H,6-8,11,13H2,1-5H3. The number of nitrogens with one attached hydrogen (secondary N) is 1. The number of unbranched alkanes of at least 4 members (excludes halogenated alkanes) is 1. The number of rotatable bonds is 11. The van der Waals surface area contributed by atoms with Gasteiger partial charge in [0.15, 0.2) is 23.9 Å². The van der Waals surface area contributed by atoms with Gasteiger partial charge in [-0.05, 0) is 57.9 Å². The molecule has 0 saturated heterocycles. The van der Waals surface area contributed by atoms with E-state index in [1.807, 2.05) is 6.92 Å². The fourth-order valence-corrected chi connectivity index (χ4v) is 3.19. The molecule has 7 nitrogen and oxygen atoms in total. The summed E-state index contributed by atoms with van der Waals surface area (Å²) < 4.78 is 16.5. The topological polar surface area (TPSA) is 94.7 Å². The van der Waals surface area contributed by atoms with Crippen LogP contribution >= 0.6 is 0 Å². The lowest BCUT2D eigenvalue weighted by molar-refractivity contribution is 0.0473. The van der Waals surface area contributed by atoms with Gasteiger partial charge in [-0.3, -0.25) is 9.59 Å². The fraction of sp³-hybridized carbons (Fsp3) is 0.435. The molecule has 1 aromatic heterocycles. The predicted octanol–water partition coefficient (Wildman–Crippen LogP) is 4.45. The first kappa shape index (κ1) is 23.2. The summed E-state index contributed by atoms with van der Waals surface area (Å²) in [4.78, 5) is 39.6. The SMILES string of the molecule is CCCCOc1ccc(C(=O)OCC(=O)c2[nH]c(C)c(C(C)=O)c2C)cc1OCC. The summed E-state index contributed by atoms with van der Waals surface area (Å²) in [6.07, 6.45) is 1.93. The van der Waals surface area contributed by atoms with Crippen molar-refractivity contribution in [2.24, 2.45) is 0 Å². The molecule has 0 aliphatic rings. The third-order valence-electron chi connectivity index (χ3n) is 4.64. The molecule has 30 heavy (non-hydrogen) atoms. The molecule has 0 atom stereocenters. The lowest BCUT2D eigenvalue weighted by Crippen LogP contribution is -2.15. The van der Waals surface area contributed by atoms with Gasteiger partial charge in [-0.25, -0.2) is 4.79 Å². The Balaban J connectivity index is 2.08. The van der Waals surface area contributed by atoms with Crippen LogP contribution in [0, 0.1) is 13.8 Å². The molecule has 0 unspecified atom stereocenters. The Labute approximate surface area is 176 Å². The van der Waals surface area contributed by atoms with Crippen LogP contribution < -0.4 is 9.47 Å². The molecule has 1 N–H and O–H groups in total. The van der Waals surface area contributed by atoms with Crippen molar-refractivity contribution in [3.05, 3.63) is 46.3 Å². The third-order valence-corrected chi connectivity index (χ3v) is 4.64. The van der Waals surface area contributed by atoms with Crippen molar-refractivity contribution in [3.63, 3.8) is 0 Å². The smallest absolute Gasteiger partial charge is 0.338 e. The third kappa shape index (κ3) is 5.49. The second-order valence-corrected chi connectivity index (χ2v) is 6.98. The highest BCUT2D eigenvalue weighted by Gasteiger charge is 2.21. The maximum Gasteiger partial charge on any atom is 0.338 e. The monoisotopic (exact) mass is 415 g/mol. The number of esters is 1. The van der Waals surface area contributed by atoms with Gasteiger partial charge in [0.25, 0.3) is 0 Å². The number of aromatic amines is 1. The molecule has 1 aromatic carbocycles. The zero-order valence-electron chi connectivity index (χ0n) is 18.2. The van der Waals surface area contributed by atoms with Crippen molar-refractivity contribution in [1.82, 2.24) is 4.98 Å². The van der Waals surface area contributed by atoms with Gasteiger partial charge in [0.05, 0.1) is 24.5 Å². The van der Waals surface area contributed by atoms with Crippen molar-refractivity contribution < 1.29 is 28.6 Å². The molecule has 1 heterocycles. The average Bonchev–Trinajstić information content (AvgIpc) is 3.01. The normalized spacial score (nSPS) is 10.6. The maximum absolute atomic E-state index is 12.5. The number of ether oxygens (including phenoxy) is 3. The Morgan fingerprint density at radius 1 is 1.03 bits per heavy atom. The highest BCUT2D eigenvalue weighted by Crippen LogP contribution is 2.29. The van der Waals surface area contributed by atoms with E-state index in [0.717, 1.165) is 12.8 Å². The van der Waals surface area contributed by atoms with E-state index < -0.39 is 18.4 Å². The van der Waals surface area contributed by atoms with Gasteiger partial charge in [-0.1, -0.05) is 13.3 Å². The van der Waals surface area contributed by atoms with Crippen molar-refractivity contribution >= 4 is 17.5 Å². The van der Waals surface area contributed by atoms with E-state index in [4.69, 9.17) is 14.2 Å². The van der Waals surface area contributed by atoms with E-state index in [1.165, 1.54) is 6.92 Å². The molecule has 0 aliphatic carbocycles. The number of benzene rings is 1. The van der Waals surface area contributed by atoms with E-state index in [0.29, 0.717) is 41.5 Å². The molecule has 0 saturated carbocycles. The summed E-state index contributed by atoms with van der Waals surface area (Å²) in [5.41, 5.74) is 2.21. The van der Waals surface area contributed by atoms with E-state index in [-0.39, 0.29) is 17.0 Å². The van der Waals surface area contributed by atoms with E-state index in [9.17, 15) is 14.4 Å². The van der Waals surface area contributed by atoms with Crippen LogP contribution in [0.4, 0.5) is 0 Å². The van der Waals surface area contributed by atoms with Crippen LogP contribution in [0.25, 0.3) is 0 Å². The number of aryl methyl sites for hydroxylation is 1. The van der Waals surface area contributed by atoms with Gasteiger partial charge in [-0.2, -0.15) is 0 Å². The first-order valence-corrected chi connectivity index (χ1v) is 10.1. The summed E-state index contributed by atoms with van der Waals surface area (Å²) in [7, 11) is 0. The number of carbonyl (C=O) groups is 3. The molecule has 162 valence electrons. The Hall–Kier alpha value is -3.09. The van der Waals surface area contributed by atoms with Crippen molar-refractivity contribution in [3.8, 4) is 11.5 Å². The van der Waals surface area contributed by atoms with E-state index in [2.05, 4.69) is 11.9 Å². The molecule has 0 fully saturated rings. The molecule has 7 heteroatoms. The zero-order valence-corrected chi connectivity index (χ0v) is 18.2. The minimum Gasteiger partial charge on any atom is -0.490 e. The summed E-state index contributed by atoms with van der Waals surface area (Å²) >= 11 is 0. The molecular formula is C23H29NO6. The first-order chi connectivity index (χ1) is 14.3. The number of aromatic nitrogens is 1. The first-order valence-electron chi connectivity index (χ1n) is 10.1. The maximum atomic E-state index is 12.5. The quantitative estimate of drug-likeness (QED) is 0.331. The molecule has 2 aromatic rings. The van der Waals surface area contributed by atoms with Gasteiger partial charge in [0.2, 0.25) is 5.78 Å². The van der Waals surface area contributed by atoms with Crippen LogP contribution in [0.3, 0.4) is 0 Å². The highest BCUT2D eigenvalue weighted by atomic mass is 16.5. The second-order valence-electron chi connectivity index (χ2n) is 6.98. The van der Waals surface area contributed by atoms with Gasteiger partial charge >= 0.3 is 5.97 Å². The van der Waals surface area contributed by atoms with Crippen LogP contribution in [0.15, 0.2) is 18.2 Å². The zero-order chi connectivity index (χ0) is 22.3. The summed E-state index contributed by atoms with van der Waals surface area (Å²) in [6, 6.07) is 4.79. The van der Waals surface area contributed by atoms with Crippen LogP contribution in [0.5, 0.6) is 11.5 Å². The molecule has 0 aliphatic heterocycles. The highest BCUT2D eigenvalue weighted by molar-refractivity contribution is 6.04. The second kappa shape index (κ2) is 10.6. The van der Waals surface area contributed by atoms with E-state index >= 15 is 0 Å². The van der Waals surface area contributed by atoms with E-state index in [1.54, 1.807) is 32.0 Å². The largest absolute Gasteiger partial charge is 0.490 e. The van der Waals surface area contributed by atoms with Crippen LogP contribution in [-0.2, 0) is 4.74 Å². The van der Waals surface area contributed by atoms with Gasteiger partial charge < -0.3 is 19.2 Å². The Morgan fingerprint density at radius 2 is 1.77 bits per heavy atom. The number of Topliss-reactive ketones (excluding diaryl/α,β-unsaturated/α-hetero) is 2. The molecule has 0 bridgehead atoms. The Morgan fingerprint density at radius 3 is 2.37 bits per heavy atom.